The zero-order valence-electron chi connectivity index (χ0n) is 15.5. The average Bonchev–Trinajstić information content (AvgIpc) is 2.70. The van der Waals surface area contributed by atoms with Crippen LogP contribution in [0.25, 0.3) is 0 Å². The molecule has 0 unspecified atom stereocenters. The molecule has 2 aliphatic rings. The molecule has 2 aliphatic heterocycles. The van der Waals surface area contributed by atoms with Crippen LogP contribution in [0.2, 0.25) is 0 Å². The fraction of sp³-hybridized carbons (Fsp3) is 0.500. The zero-order chi connectivity index (χ0) is 17.8. The molecule has 6 heteroatoms. The molecule has 0 atom stereocenters. The molecular weight excluding hydrogens is 326 g/mol. The largest absolute Gasteiger partial charge is 0.378 e. The maximum atomic E-state index is 5.46. The Morgan fingerprint density at radius 1 is 0.885 bits per heavy atom. The predicted octanol–water partition coefficient (Wildman–Crippen LogP) is 1.94. The van der Waals surface area contributed by atoms with Gasteiger partial charge >= 0.3 is 0 Å². The zero-order valence-corrected chi connectivity index (χ0v) is 15.5. The summed E-state index contributed by atoms with van der Waals surface area (Å²) >= 11 is 0. The highest BCUT2D eigenvalue weighted by Crippen LogP contribution is 2.20. The standard InChI is InChI=1S/C20H27N5O/c1-17-15-19(24-11-13-26-14-12-24)22-20(21-17)25-9-7-23(8-10-25)16-18-5-3-2-4-6-18/h2-6,15H,7-14,16H2,1H3. The Labute approximate surface area is 155 Å². The summed E-state index contributed by atoms with van der Waals surface area (Å²) in [6.45, 7) is 10.5. The van der Waals surface area contributed by atoms with Crippen molar-refractivity contribution < 1.29 is 4.74 Å². The Kier molecular flexibility index (Phi) is 5.32. The number of rotatable bonds is 4. The SMILES string of the molecule is Cc1cc(N2CCOCC2)nc(N2CCN(Cc3ccccc3)CC2)n1. The summed E-state index contributed by atoms with van der Waals surface area (Å²) in [6, 6.07) is 12.8. The molecule has 1 aromatic carbocycles. The second kappa shape index (κ2) is 8.01. The van der Waals surface area contributed by atoms with Crippen LogP contribution < -0.4 is 9.80 Å². The number of ether oxygens (including phenoxy) is 1. The summed E-state index contributed by atoms with van der Waals surface area (Å²) in [4.78, 5) is 16.7. The van der Waals surface area contributed by atoms with E-state index in [1.165, 1.54) is 5.56 Å². The van der Waals surface area contributed by atoms with E-state index in [0.717, 1.165) is 76.5 Å². The number of nitrogens with zero attached hydrogens (tertiary/aromatic N) is 5. The summed E-state index contributed by atoms with van der Waals surface area (Å²) < 4.78 is 5.46. The van der Waals surface area contributed by atoms with Crippen molar-refractivity contribution in [3.05, 3.63) is 47.7 Å². The summed E-state index contributed by atoms with van der Waals surface area (Å²) in [7, 11) is 0. The predicted molar refractivity (Wildman–Crippen MR) is 104 cm³/mol. The fourth-order valence-electron chi connectivity index (χ4n) is 3.58. The van der Waals surface area contributed by atoms with Crippen LogP contribution in [0.5, 0.6) is 0 Å². The van der Waals surface area contributed by atoms with Crippen LogP contribution in [-0.4, -0.2) is 67.4 Å². The maximum absolute atomic E-state index is 5.46. The van der Waals surface area contributed by atoms with Crippen molar-refractivity contribution in [3.63, 3.8) is 0 Å². The number of hydrogen-bond acceptors (Lipinski definition) is 6. The lowest BCUT2D eigenvalue weighted by atomic mass is 10.2. The van der Waals surface area contributed by atoms with Crippen molar-refractivity contribution >= 4 is 11.8 Å². The van der Waals surface area contributed by atoms with E-state index in [-0.39, 0.29) is 0 Å². The number of anilines is 2. The van der Waals surface area contributed by atoms with Crippen molar-refractivity contribution in [2.24, 2.45) is 0 Å². The summed E-state index contributed by atoms with van der Waals surface area (Å²) in [6.07, 6.45) is 0. The Hall–Kier alpha value is -2.18. The molecule has 0 bridgehead atoms. The van der Waals surface area contributed by atoms with Gasteiger partial charge in [-0.2, -0.15) is 4.98 Å². The second-order valence-corrected chi connectivity index (χ2v) is 7.02. The first kappa shape index (κ1) is 17.2. The van der Waals surface area contributed by atoms with E-state index < -0.39 is 0 Å². The quantitative estimate of drug-likeness (QED) is 0.837. The molecule has 6 nitrogen and oxygen atoms in total. The van der Waals surface area contributed by atoms with Crippen molar-refractivity contribution in [1.29, 1.82) is 0 Å². The van der Waals surface area contributed by atoms with E-state index in [1.807, 2.05) is 0 Å². The number of benzene rings is 1. The van der Waals surface area contributed by atoms with Gasteiger partial charge in [-0.3, -0.25) is 4.90 Å². The molecule has 0 saturated carbocycles. The van der Waals surface area contributed by atoms with E-state index in [1.54, 1.807) is 0 Å². The molecule has 0 N–H and O–H groups in total. The molecular formula is C20H27N5O. The Morgan fingerprint density at radius 3 is 2.35 bits per heavy atom. The Morgan fingerprint density at radius 2 is 1.62 bits per heavy atom. The molecule has 1 aromatic heterocycles. The Bertz CT molecular complexity index is 709. The van der Waals surface area contributed by atoms with E-state index >= 15 is 0 Å². The van der Waals surface area contributed by atoms with Gasteiger partial charge in [0, 0.05) is 57.6 Å². The van der Waals surface area contributed by atoms with E-state index in [9.17, 15) is 0 Å². The molecule has 0 radical (unpaired) electrons. The van der Waals surface area contributed by atoms with Gasteiger partial charge in [-0.25, -0.2) is 4.98 Å². The first-order valence-corrected chi connectivity index (χ1v) is 9.47. The molecule has 2 saturated heterocycles. The smallest absolute Gasteiger partial charge is 0.227 e. The van der Waals surface area contributed by atoms with Crippen molar-refractivity contribution in [3.8, 4) is 0 Å². The van der Waals surface area contributed by atoms with E-state index in [4.69, 9.17) is 14.7 Å². The minimum atomic E-state index is 0.774. The van der Waals surface area contributed by atoms with Crippen LogP contribution in [0.1, 0.15) is 11.3 Å². The Balaban J connectivity index is 1.40. The fourth-order valence-corrected chi connectivity index (χ4v) is 3.58. The minimum Gasteiger partial charge on any atom is -0.378 e. The molecule has 2 fully saturated rings. The van der Waals surface area contributed by atoms with Gasteiger partial charge in [0.1, 0.15) is 5.82 Å². The van der Waals surface area contributed by atoms with Gasteiger partial charge in [-0.1, -0.05) is 30.3 Å². The number of hydrogen-bond donors (Lipinski definition) is 0. The van der Waals surface area contributed by atoms with Gasteiger partial charge < -0.3 is 14.5 Å². The molecule has 0 spiro atoms. The van der Waals surface area contributed by atoms with Gasteiger partial charge in [-0.05, 0) is 12.5 Å². The van der Waals surface area contributed by atoms with Crippen molar-refractivity contribution in [2.45, 2.75) is 13.5 Å². The van der Waals surface area contributed by atoms with Crippen LogP contribution in [0.15, 0.2) is 36.4 Å². The average molecular weight is 353 g/mol. The highest BCUT2D eigenvalue weighted by atomic mass is 16.5. The lowest BCUT2D eigenvalue weighted by Gasteiger charge is -2.35. The highest BCUT2D eigenvalue weighted by molar-refractivity contribution is 5.46. The first-order chi connectivity index (χ1) is 12.8. The van der Waals surface area contributed by atoms with Gasteiger partial charge in [0.25, 0.3) is 0 Å². The first-order valence-electron chi connectivity index (χ1n) is 9.47. The van der Waals surface area contributed by atoms with Crippen LogP contribution in [-0.2, 0) is 11.3 Å². The van der Waals surface area contributed by atoms with Gasteiger partial charge in [0.15, 0.2) is 0 Å². The number of piperazine rings is 1. The molecule has 3 heterocycles. The molecule has 2 aromatic rings. The van der Waals surface area contributed by atoms with Crippen molar-refractivity contribution in [2.75, 3.05) is 62.3 Å². The topological polar surface area (TPSA) is 44.7 Å². The third kappa shape index (κ3) is 4.14. The van der Waals surface area contributed by atoms with Gasteiger partial charge in [0.05, 0.1) is 13.2 Å². The molecule has 26 heavy (non-hydrogen) atoms. The normalized spacial score (nSPS) is 19.0. The van der Waals surface area contributed by atoms with E-state index in [2.05, 4.69) is 58.0 Å². The van der Waals surface area contributed by atoms with Crippen LogP contribution in [0.4, 0.5) is 11.8 Å². The number of aryl methyl sites for hydroxylation is 1. The summed E-state index contributed by atoms with van der Waals surface area (Å²) in [5, 5.41) is 0. The molecule has 0 aliphatic carbocycles. The third-order valence-electron chi connectivity index (χ3n) is 5.07. The molecule has 0 amide bonds. The summed E-state index contributed by atoms with van der Waals surface area (Å²) in [5.74, 6) is 1.90. The van der Waals surface area contributed by atoms with Crippen LogP contribution >= 0.6 is 0 Å². The van der Waals surface area contributed by atoms with Crippen LogP contribution in [0, 0.1) is 6.92 Å². The van der Waals surface area contributed by atoms with E-state index in [0.29, 0.717) is 0 Å². The van der Waals surface area contributed by atoms with Gasteiger partial charge in [0.2, 0.25) is 5.95 Å². The van der Waals surface area contributed by atoms with Crippen molar-refractivity contribution in [1.82, 2.24) is 14.9 Å². The number of morpholine rings is 1. The van der Waals surface area contributed by atoms with Gasteiger partial charge in [-0.15, -0.1) is 0 Å². The number of aromatic nitrogens is 2. The summed E-state index contributed by atoms with van der Waals surface area (Å²) in [5.41, 5.74) is 2.41. The minimum absolute atomic E-state index is 0.774. The lowest BCUT2D eigenvalue weighted by molar-refractivity contribution is 0.122. The second-order valence-electron chi connectivity index (χ2n) is 7.02. The highest BCUT2D eigenvalue weighted by Gasteiger charge is 2.21. The monoisotopic (exact) mass is 353 g/mol. The third-order valence-corrected chi connectivity index (χ3v) is 5.07. The molecule has 138 valence electrons. The molecule has 4 rings (SSSR count). The lowest BCUT2D eigenvalue weighted by Crippen LogP contribution is -2.46. The maximum Gasteiger partial charge on any atom is 0.227 e. The van der Waals surface area contributed by atoms with Crippen LogP contribution in [0.3, 0.4) is 0 Å².